The summed E-state index contributed by atoms with van der Waals surface area (Å²) in [5.41, 5.74) is 7.78. The second-order valence-corrected chi connectivity index (χ2v) is 4.19. The molecule has 0 unspecified atom stereocenters. The zero-order valence-corrected chi connectivity index (χ0v) is 9.91. The second-order valence-electron chi connectivity index (χ2n) is 3.27. The number of nitrogens with zero attached hydrogens (tertiary/aromatic N) is 1. The van der Waals surface area contributed by atoms with Gasteiger partial charge in [0.05, 0.1) is 0 Å². The number of aryl methyl sites for hydroxylation is 1. The summed E-state index contributed by atoms with van der Waals surface area (Å²) in [5, 5.41) is 3.68. The third-order valence-electron chi connectivity index (χ3n) is 2.24. The van der Waals surface area contributed by atoms with Crippen LogP contribution in [-0.2, 0) is 6.42 Å². The summed E-state index contributed by atoms with van der Waals surface area (Å²) in [6, 6.07) is 7.80. The van der Waals surface area contributed by atoms with Gasteiger partial charge in [-0.05, 0) is 30.2 Å². The van der Waals surface area contributed by atoms with E-state index in [-0.39, 0.29) is 0 Å². The molecule has 2 aromatic rings. The lowest BCUT2D eigenvalue weighted by molar-refractivity contribution is 0.435. The molecule has 0 fully saturated rings. The zero-order valence-electron chi connectivity index (χ0n) is 8.33. The summed E-state index contributed by atoms with van der Waals surface area (Å²) in [6.45, 7) is 2.10. The summed E-state index contributed by atoms with van der Waals surface area (Å²) < 4.78 is 6.21. The van der Waals surface area contributed by atoms with Crippen LogP contribution in [-0.4, -0.2) is 5.16 Å². The zero-order chi connectivity index (χ0) is 10.8. The molecule has 0 aliphatic carbocycles. The average Bonchev–Trinajstić information content (AvgIpc) is 2.64. The molecule has 3 nitrogen and oxygen atoms in total. The third-order valence-corrected chi connectivity index (χ3v) is 2.74. The summed E-state index contributed by atoms with van der Waals surface area (Å²) in [4.78, 5) is 0. The number of nitrogens with two attached hydrogens (primary N) is 1. The van der Waals surface area contributed by atoms with E-state index in [0.29, 0.717) is 5.82 Å². The molecule has 0 saturated heterocycles. The molecule has 0 aliphatic rings. The molecule has 1 aromatic heterocycles. The van der Waals surface area contributed by atoms with Gasteiger partial charge in [0.1, 0.15) is 0 Å². The van der Waals surface area contributed by atoms with E-state index in [9.17, 15) is 0 Å². The van der Waals surface area contributed by atoms with E-state index in [4.69, 9.17) is 10.3 Å². The van der Waals surface area contributed by atoms with Crippen LogP contribution in [0.15, 0.2) is 33.3 Å². The number of rotatable bonds is 2. The molecule has 2 rings (SSSR count). The Bertz CT molecular complexity index is 479. The van der Waals surface area contributed by atoms with Crippen molar-refractivity contribution in [3.8, 4) is 11.3 Å². The highest BCUT2D eigenvalue weighted by Gasteiger charge is 2.09. The van der Waals surface area contributed by atoms with Crippen LogP contribution in [0.25, 0.3) is 11.3 Å². The summed E-state index contributed by atoms with van der Waals surface area (Å²) in [6.07, 6.45) is 0.940. The lowest BCUT2D eigenvalue weighted by Gasteiger charge is -2.04. The van der Waals surface area contributed by atoms with Crippen molar-refractivity contribution >= 4 is 21.7 Å². The maximum atomic E-state index is 5.52. The first-order valence-electron chi connectivity index (χ1n) is 4.71. The SMILES string of the molecule is CCc1cc(Br)ccc1-c1cc(N)no1. The summed E-state index contributed by atoms with van der Waals surface area (Å²) in [5.74, 6) is 1.13. The van der Waals surface area contributed by atoms with Gasteiger partial charge in [-0.15, -0.1) is 0 Å². The smallest absolute Gasteiger partial charge is 0.169 e. The number of hydrogen-bond acceptors (Lipinski definition) is 3. The van der Waals surface area contributed by atoms with Gasteiger partial charge >= 0.3 is 0 Å². The van der Waals surface area contributed by atoms with Crippen molar-refractivity contribution in [2.75, 3.05) is 5.73 Å². The fourth-order valence-electron chi connectivity index (χ4n) is 1.51. The fraction of sp³-hybridized carbons (Fsp3) is 0.182. The Morgan fingerprint density at radius 1 is 1.40 bits per heavy atom. The minimum atomic E-state index is 0.412. The summed E-state index contributed by atoms with van der Waals surface area (Å²) >= 11 is 3.44. The molecule has 1 aromatic carbocycles. The maximum Gasteiger partial charge on any atom is 0.169 e. The van der Waals surface area contributed by atoms with E-state index in [2.05, 4.69) is 34.1 Å². The van der Waals surface area contributed by atoms with Crippen molar-refractivity contribution in [1.82, 2.24) is 5.16 Å². The van der Waals surface area contributed by atoms with Gasteiger partial charge in [-0.2, -0.15) is 0 Å². The van der Waals surface area contributed by atoms with Crippen molar-refractivity contribution in [3.05, 3.63) is 34.3 Å². The van der Waals surface area contributed by atoms with E-state index in [1.807, 2.05) is 12.1 Å². The van der Waals surface area contributed by atoms with Gasteiger partial charge in [-0.3, -0.25) is 0 Å². The predicted octanol–water partition coefficient (Wildman–Crippen LogP) is 3.25. The molecule has 0 bridgehead atoms. The monoisotopic (exact) mass is 266 g/mol. The molecule has 4 heteroatoms. The van der Waals surface area contributed by atoms with Gasteiger partial charge in [-0.1, -0.05) is 28.0 Å². The lowest BCUT2D eigenvalue weighted by atomic mass is 10.0. The van der Waals surface area contributed by atoms with Gasteiger partial charge < -0.3 is 10.3 Å². The van der Waals surface area contributed by atoms with Crippen LogP contribution in [0.4, 0.5) is 5.82 Å². The average molecular weight is 267 g/mol. The normalized spacial score (nSPS) is 10.5. The van der Waals surface area contributed by atoms with Crippen molar-refractivity contribution in [2.45, 2.75) is 13.3 Å². The Morgan fingerprint density at radius 2 is 2.20 bits per heavy atom. The Morgan fingerprint density at radius 3 is 2.80 bits per heavy atom. The van der Waals surface area contributed by atoms with E-state index in [1.165, 1.54) is 5.56 Å². The number of aromatic nitrogens is 1. The van der Waals surface area contributed by atoms with Crippen LogP contribution >= 0.6 is 15.9 Å². The first-order valence-corrected chi connectivity index (χ1v) is 5.51. The van der Waals surface area contributed by atoms with Crippen LogP contribution in [0.5, 0.6) is 0 Å². The molecule has 78 valence electrons. The van der Waals surface area contributed by atoms with E-state index >= 15 is 0 Å². The van der Waals surface area contributed by atoms with E-state index < -0.39 is 0 Å². The van der Waals surface area contributed by atoms with Crippen molar-refractivity contribution in [2.24, 2.45) is 0 Å². The van der Waals surface area contributed by atoms with Crippen LogP contribution in [0.3, 0.4) is 0 Å². The predicted molar refractivity (Wildman–Crippen MR) is 63.4 cm³/mol. The minimum absolute atomic E-state index is 0.412. The van der Waals surface area contributed by atoms with Crippen molar-refractivity contribution < 1.29 is 4.52 Å². The van der Waals surface area contributed by atoms with Gasteiger partial charge in [0.15, 0.2) is 11.6 Å². The third kappa shape index (κ3) is 2.04. The molecule has 0 aliphatic heterocycles. The number of benzene rings is 1. The highest BCUT2D eigenvalue weighted by atomic mass is 79.9. The van der Waals surface area contributed by atoms with Crippen LogP contribution in [0.1, 0.15) is 12.5 Å². The molecule has 0 radical (unpaired) electrons. The van der Waals surface area contributed by atoms with Crippen LogP contribution in [0, 0.1) is 0 Å². The van der Waals surface area contributed by atoms with Gasteiger partial charge in [0, 0.05) is 16.1 Å². The van der Waals surface area contributed by atoms with E-state index in [1.54, 1.807) is 6.07 Å². The molecular weight excluding hydrogens is 256 g/mol. The molecule has 0 amide bonds. The highest BCUT2D eigenvalue weighted by Crippen LogP contribution is 2.28. The largest absolute Gasteiger partial charge is 0.381 e. The molecule has 15 heavy (non-hydrogen) atoms. The number of halogens is 1. The minimum Gasteiger partial charge on any atom is -0.381 e. The lowest BCUT2D eigenvalue weighted by Crippen LogP contribution is -1.86. The van der Waals surface area contributed by atoms with Gasteiger partial charge in [-0.25, -0.2) is 0 Å². The first-order chi connectivity index (χ1) is 7.20. The maximum absolute atomic E-state index is 5.52. The standard InChI is InChI=1S/C11H11BrN2O/c1-2-7-5-8(12)3-4-9(7)10-6-11(13)14-15-10/h3-6H,2H2,1H3,(H2,13,14). The highest BCUT2D eigenvalue weighted by molar-refractivity contribution is 9.10. The number of anilines is 1. The van der Waals surface area contributed by atoms with Crippen molar-refractivity contribution in [3.63, 3.8) is 0 Å². The fourth-order valence-corrected chi connectivity index (χ4v) is 1.92. The molecule has 0 saturated carbocycles. The quantitative estimate of drug-likeness (QED) is 0.908. The van der Waals surface area contributed by atoms with Gasteiger partial charge in [0.25, 0.3) is 0 Å². The molecule has 0 spiro atoms. The Balaban J connectivity index is 2.52. The van der Waals surface area contributed by atoms with Crippen molar-refractivity contribution in [1.29, 1.82) is 0 Å². The second kappa shape index (κ2) is 4.06. The molecule has 0 atom stereocenters. The molecule has 2 N–H and O–H groups in total. The van der Waals surface area contributed by atoms with Crippen LogP contribution in [0.2, 0.25) is 0 Å². The van der Waals surface area contributed by atoms with E-state index in [0.717, 1.165) is 22.2 Å². The Kier molecular flexibility index (Phi) is 2.77. The number of nitrogen functional groups attached to an aromatic ring is 1. The molecular formula is C11H11BrN2O. The first kappa shape index (κ1) is 10.2. The number of hydrogen-bond donors (Lipinski definition) is 1. The van der Waals surface area contributed by atoms with Gasteiger partial charge in [0.2, 0.25) is 0 Å². The molecule has 1 heterocycles. The Hall–Kier alpha value is -1.29. The van der Waals surface area contributed by atoms with Crippen LogP contribution < -0.4 is 5.73 Å². The topological polar surface area (TPSA) is 52.0 Å². The summed E-state index contributed by atoms with van der Waals surface area (Å²) in [7, 11) is 0. The Labute approximate surface area is 96.4 Å².